The maximum absolute atomic E-state index is 9.41. The molecule has 0 unspecified atom stereocenters. The van der Waals surface area contributed by atoms with Crippen molar-refractivity contribution in [2.45, 2.75) is 39.2 Å². The minimum absolute atomic E-state index is 0.375. The molecule has 4 nitrogen and oxygen atoms in total. The molecular weight excluding hydrogens is 258 g/mol. The molecule has 3 rings (SSSR count). The molecule has 2 N–H and O–H groups in total. The maximum atomic E-state index is 9.41. The zero-order chi connectivity index (χ0) is 13.4. The van der Waals surface area contributed by atoms with E-state index < -0.39 is 0 Å². The van der Waals surface area contributed by atoms with Crippen molar-refractivity contribution in [3.63, 3.8) is 0 Å². The quantitative estimate of drug-likeness (QED) is 0.905. The summed E-state index contributed by atoms with van der Waals surface area (Å²) in [5.41, 5.74) is 1.42. The molecule has 19 heavy (non-hydrogen) atoms. The summed E-state index contributed by atoms with van der Waals surface area (Å²) in [4.78, 5) is 11.3. The highest BCUT2D eigenvalue weighted by atomic mass is 32.1. The van der Waals surface area contributed by atoms with E-state index >= 15 is 0 Å². The minimum atomic E-state index is -0.375. The van der Waals surface area contributed by atoms with E-state index in [1.54, 1.807) is 24.6 Å². The Kier molecular flexibility index (Phi) is 3.41. The summed E-state index contributed by atoms with van der Waals surface area (Å²) in [5, 5.41) is 13.8. The van der Waals surface area contributed by atoms with E-state index in [9.17, 15) is 5.11 Å². The number of aromatic nitrogens is 2. The van der Waals surface area contributed by atoms with Crippen LogP contribution in [0.5, 0.6) is 0 Å². The summed E-state index contributed by atoms with van der Waals surface area (Å²) >= 11 is 1.80. The third-order valence-electron chi connectivity index (χ3n) is 3.66. The number of fused-ring (bicyclic) bond motifs is 3. The number of nitrogens with one attached hydrogen (secondary N) is 1. The summed E-state index contributed by atoms with van der Waals surface area (Å²) in [6, 6.07) is 0. The number of hydrogen-bond acceptors (Lipinski definition) is 5. The second-order valence-electron chi connectivity index (χ2n) is 5.48. The Morgan fingerprint density at radius 1 is 1.53 bits per heavy atom. The third-order valence-corrected chi connectivity index (χ3v) is 4.82. The predicted molar refractivity (Wildman–Crippen MR) is 78.8 cm³/mol. The fraction of sp³-hybridized carbons (Fsp3) is 0.571. The lowest BCUT2D eigenvalue weighted by molar-refractivity contribution is 0.208. The highest BCUT2D eigenvalue weighted by Gasteiger charge is 2.22. The van der Waals surface area contributed by atoms with Gasteiger partial charge in [-0.2, -0.15) is 0 Å². The molecule has 0 fully saturated rings. The molecule has 0 aromatic carbocycles. The molecule has 0 saturated heterocycles. The molecule has 0 aliphatic heterocycles. The highest BCUT2D eigenvalue weighted by Crippen LogP contribution is 2.39. The molecule has 0 bridgehead atoms. The molecule has 0 radical (unpaired) electrons. The maximum Gasteiger partial charge on any atom is 0.138 e. The number of anilines is 1. The topological polar surface area (TPSA) is 58.0 Å². The second-order valence-corrected chi connectivity index (χ2v) is 6.57. The van der Waals surface area contributed by atoms with Crippen molar-refractivity contribution >= 4 is 27.4 Å². The average Bonchev–Trinajstić information content (AvgIpc) is 2.73. The largest absolute Gasteiger partial charge is 0.392 e. The van der Waals surface area contributed by atoms with Crippen LogP contribution in [-0.2, 0) is 12.8 Å². The number of rotatable bonds is 3. The van der Waals surface area contributed by atoms with Crippen molar-refractivity contribution in [3.8, 4) is 0 Å². The van der Waals surface area contributed by atoms with Gasteiger partial charge in [0.05, 0.1) is 11.5 Å². The minimum Gasteiger partial charge on any atom is -0.392 e. The van der Waals surface area contributed by atoms with E-state index in [2.05, 4.69) is 22.2 Å². The number of hydrogen-bond donors (Lipinski definition) is 2. The first kappa shape index (κ1) is 12.8. The normalized spacial score (nSPS) is 20.3. The summed E-state index contributed by atoms with van der Waals surface area (Å²) in [5.74, 6) is 1.64. The molecule has 2 heterocycles. The van der Waals surface area contributed by atoms with E-state index in [-0.39, 0.29) is 6.10 Å². The highest BCUT2D eigenvalue weighted by molar-refractivity contribution is 7.19. The Hall–Kier alpha value is -1.20. The van der Waals surface area contributed by atoms with E-state index in [0.717, 1.165) is 29.4 Å². The van der Waals surface area contributed by atoms with E-state index in [1.807, 2.05) is 0 Å². The molecule has 5 heteroatoms. The van der Waals surface area contributed by atoms with E-state index in [1.165, 1.54) is 22.2 Å². The SMILES string of the molecule is C[C@@H]1CCc2c(sc3ncnc(NC[C@@H](C)O)c23)C1. The van der Waals surface area contributed by atoms with Crippen LogP contribution in [0.15, 0.2) is 6.33 Å². The van der Waals surface area contributed by atoms with Gasteiger partial charge < -0.3 is 10.4 Å². The predicted octanol–water partition coefficient (Wildman–Crippen LogP) is 2.61. The lowest BCUT2D eigenvalue weighted by Gasteiger charge is -2.18. The Morgan fingerprint density at radius 2 is 2.37 bits per heavy atom. The van der Waals surface area contributed by atoms with Crippen LogP contribution in [-0.4, -0.2) is 27.7 Å². The first-order chi connectivity index (χ1) is 9.15. The average molecular weight is 277 g/mol. The second kappa shape index (κ2) is 5.06. The van der Waals surface area contributed by atoms with Crippen LogP contribution in [0.1, 0.15) is 30.7 Å². The van der Waals surface area contributed by atoms with Crippen molar-refractivity contribution in [1.29, 1.82) is 0 Å². The van der Waals surface area contributed by atoms with Gasteiger partial charge >= 0.3 is 0 Å². The van der Waals surface area contributed by atoms with Gasteiger partial charge in [0.25, 0.3) is 0 Å². The smallest absolute Gasteiger partial charge is 0.138 e. The monoisotopic (exact) mass is 277 g/mol. The Bertz CT molecular complexity index is 594. The number of aliphatic hydroxyl groups is 1. The van der Waals surface area contributed by atoms with E-state index in [0.29, 0.717) is 6.54 Å². The van der Waals surface area contributed by atoms with Gasteiger partial charge in [-0.1, -0.05) is 6.92 Å². The van der Waals surface area contributed by atoms with Gasteiger partial charge in [-0.05, 0) is 37.7 Å². The van der Waals surface area contributed by atoms with Gasteiger partial charge in [-0.3, -0.25) is 0 Å². The van der Waals surface area contributed by atoms with Crippen LogP contribution in [0.4, 0.5) is 5.82 Å². The summed E-state index contributed by atoms with van der Waals surface area (Å²) < 4.78 is 0. The molecule has 1 aliphatic rings. The van der Waals surface area contributed by atoms with Gasteiger partial charge in [0.2, 0.25) is 0 Å². The van der Waals surface area contributed by atoms with E-state index in [4.69, 9.17) is 0 Å². The van der Waals surface area contributed by atoms with Gasteiger partial charge in [0.1, 0.15) is 17.0 Å². The van der Waals surface area contributed by atoms with Crippen LogP contribution < -0.4 is 5.32 Å². The third kappa shape index (κ3) is 2.44. The van der Waals surface area contributed by atoms with Crippen molar-refractivity contribution in [2.75, 3.05) is 11.9 Å². The van der Waals surface area contributed by atoms with Crippen molar-refractivity contribution < 1.29 is 5.11 Å². The standard InChI is InChI=1S/C14H19N3OS/c1-8-3-4-10-11(5-8)19-14-12(10)13(16-7-17-14)15-6-9(2)18/h7-9,18H,3-6H2,1-2H3,(H,15,16,17)/t8-,9-/m1/s1. The molecule has 0 spiro atoms. The van der Waals surface area contributed by atoms with Gasteiger partial charge in [-0.25, -0.2) is 9.97 Å². The van der Waals surface area contributed by atoms with Gasteiger partial charge in [0, 0.05) is 11.4 Å². The first-order valence-corrected chi connectivity index (χ1v) is 7.64. The van der Waals surface area contributed by atoms with Crippen LogP contribution in [0.3, 0.4) is 0 Å². The molecular formula is C14H19N3OS. The Balaban J connectivity index is 2.03. The summed E-state index contributed by atoms with van der Waals surface area (Å²) in [6.45, 7) is 4.61. The van der Waals surface area contributed by atoms with Crippen molar-refractivity contribution in [2.24, 2.45) is 5.92 Å². The molecule has 2 atom stereocenters. The fourth-order valence-corrected chi connectivity index (χ4v) is 4.00. The van der Waals surface area contributed by atoms with Gasteiger partial charge in [0.15, 0.2) is 0 Å². The number of thiophene rings is 1. The lowest BCUT2D eigenvalue weighted by atomic mass is 9.89. The molecule has 0 amide bonds. The first-order valence-electron chi connectivity index (χ1n) is 6.82. The number of aliphatic hydroxyl groups excluding tert-OH is 1. The molecule has 102 valence electrons. The van der Waals surface area contributed by atoms with Crippen LogP contribution >= 0.6 is 11.3 Å². The van der Waals surface area contributed by atoms with Crippen molar-refractivity contribution in [3.05, 3.63) is 16.8 Å². The van der Waals surface area contributed by atoms with Crippen LogP contribution in [0, 0.1) is 5.92 Å². The summed E-state index contributed by atoms with van der Waals surface area (Å²) in [7, 11) is 0. The fourth-order valence-electron chi connectivity index (χ4n) is 2.65. The zero-order valence-electron chi connectivity index (χ0n) is 11.3. The van der Waals surface area contributed by atoms with Crippen LogP contribution in [0.2, 0.25) is 0 Å². The molecule has 2 aromatic rings. The van der Waals surface area contributed by atoms with Crippen molar-refractivity contribution in [1.82, 2.24) is 9.97 Å². The Morgan fingerprint density at radius 3 is 3.16 bits per heavy atom. The number of nitrogens with zero attached hydrogens (tertiary/aromatic N) is 2. The Labute approximate surface area is 116 Å². The molecule has 1 aliphatic carbocycles. The summed E-state index contributed by atoms with van der Waals surface area (Å²) in [6.07, 6.45) is 4.75. The molecule has 0 saturated carbocycles. The van der Waals surface area contributed by atoms with Crippen LogP contribution in [0.25, 0.3) is 10.2 Å². The lowest BCUT2D eigenvalue weighted by Crippen LogP contribution is -2.16. The molecule has 2 aromatic heterocycles. The zero-order valence-corrected chi connectivity index (χ0v) is 12.1. The van der Waals surface area contributed by atoms with Gasteiger partial charge in [-0.15, -0.1) is 11.3 Å². The number of aryl methyl sites for hydroxylation is 1.